The number of methoxy groups -OCH3 is 1. The third-order valence-corrected chi connectivity index (χ3v) is 3.87. The first kappa shape index (κ1) is 14.9. The number of esters is 1. The second-order valence-corrected chi connectivity index (χ2v) is 5.72. The van der Waals surface area contributed by atoms with Crippen molar-refractivity contribution >= 4 is 27.7 Å². The molecule has 0 aliphatic heterocycles. The Hall–Kier alpha value is -1.16. The second kappa shape index (κ2) is 5.22. The number of hydrogen-bond acceptors (Lipinski definition) is 3. The molecule has 0 bridgehead atoms. The van der Waals surface area contributed by atoms with Gasteiger partial charge in [0.05, 0.1) is 7.11 Å². The Morgan fingerprint density at radius 1 is 1.17 bits per heavy atom. The monoisotopic (exact) mass is 312 g/mol. The molecule has 0 amide bonds. The third-order valence-electron chi connectivity index (χ3n) is 3.01. The number of halogens is 1. The van der Waals surface area contributed by atoms with E-state index >= 15 is 0 Å². The first-order valence-corrected chi connectivity index (χ1v) is 6.41. The van der Waals surface area contributed by atoms with E-state index in [1.54, 1.807) is 19.9 Å². The van der Waals surface area contributed by atoms with E-state index in [1.165, 1.54) is 7.11 Å². The molecule has 0 saturated carbocycles. The zero-order valence-electron chi connectivity index (χ0n) is 11.3. The number of carbonyl (C=O) groups excluding carboxylic acids is 2. The van der Waals surface area contributed by atoms with Crippen molar-refractivity contribution in [3.8, 4) is 0 Å². The highest BCUT2D eigenvalue weighted by Crippen LogP contribution is 2.28. The smallest absolute Gasteiger partial charge is 0.319 e. The normalized spacial score (nSPS) is 11.2. The maximum absolute atomic E-state index is 12.4. The van der Waals surface area contributed by atoms with Crippen LogP contribution in [0.25, 0.3) is 0 Å². The van der Waals surface area contributed by atoms with E-state index < -0.39 is 11.4 Å². The fourth-order valence-electron chi connectivity index (χ4n) is 1.71. The van der Waals surface area contributed by atoms with Crippen LogP contribution in [-0.4, -0.2) is 18.9 Å². The highest BCUT2D eigenvalue weighted by atomic mass is 79.9. The summed E-state index contributed by atoms with van der Waals surface area (Å²) < 4.78 is 5.63. The topological polar surface area (TPSA) is 43.4 Å². The van der Waals surface area contributed by atoms with Crippen LogP contribution >= 0.6 is 15.9 Å². The molecule has 0 N–H and O–H groups in total. The largest absolute Gasteiger partial charge is 0.468 e. The van der Waals surface area contributed by atoms with Crippen LogP contribution < -0.4 is 0 Å². The predicted molar refractivity (Wildman–Crippen MR) is 73.7 cm³/mol. The third kappa shape index (κ3) is 2.64. The molecule has 0 atom stereocenters. The Labute approximate surface area is 116 Å². The highest BCUT2D eigenvalue weighted by Gasteiger charge is 2.38. The molecule has 1 aromatic carbocycles. The Morgan fingerprint density at radius 2 is 1.72 bits per heavy atom. The molecule has 1 aromatic rings. The van der Waals surface area contributed by atoms with Gasteiger partial charge < -0.3 is 4.74 Å². The van der Waals surface area contributed by atoms with E-state index in [9.17, 15) is 9.59 Å². The molecule has 4 heteroatoms. The van der Waals surface area contributed by atoms with E-state index in [2.05, 4.69) is 20.7 Å². The van der Waals surface area contributed by atoms with Gasteiger partial charge >= 0.3 is 5.97 Å². The van der Waals surface area contributed by atoms with E-state index in [-0.39, 0.29) is 5.78 Å². The summed E-state index contributed by atoms with van der Waals surface area (Å²) in [5.41, 5.74) is 1.20. The second-order valence-electron chi connectivity index (χ2n) is 4.86. The van der Waals surface area contributed by atoms with Crippen molar-refractivity contribution in [1.29, 1.82) is 0 Å². The lowest BCUT2D eigenvalue weighted by Crippen LogP contribution is -2.35. The van der Waals surface area contributed by atoms with Crippen LogP contribution in [0.1, 0.15) is 35.3 Å². The molecule has 0 aliphatic rings. The number of ether oxygens (including phenoxy) is 1. The molecule has 3 nitrogen and oxygen atoms in total. The zero-order valence-corrected chi connectivity index (χ0v) is 12.8. The zero-order chi connectivity index (χ0) is 14.1. The SMILES string of the molecule is COC(=O)C(C)(C)C(=O)c1cc(C)c(Br)cc1C. The van der Waals surface area contributed by atoms with Gasteiger partial charge in [0, 0.05) is 10.0 Å². The lowest BCUT2D eigenvalue weighted by molar-refractivity contribution is -0.147. The summed E-state index contributed by atoms with van der Waals surface area (Å²) in [7, 11) is 1.29. The van der Waals surface area contributed by atoms with Crippen molar-refractivity contribution in [2.75, 3.05) is 7.11 Å². The number of hydrogen-bond donors (Lipinski definition) is 0. The molecule has 0 radical (unpaired) electrons. The molecular formula is C14H17BrO3. The van der Waals surface area contributed by atoms with Crippen LogP contribution in [0.5, 0.6) is 0 Å². The molecule has 0 aromatic heterocycles. The van der Waals surface area contributed by atoms with Crippen LogP contribution in [-0.2, 0) is 9.53 Å². The minimum absolute atomic E-state index is 0.220. The minimum atomic E-state index is -1.17. The number of benzene rings is 1. The Kier molecular flexibility index (Phi) is 4.32. The molecule has 0 heterocycles. The lowest BCUT2D eigenvalue weighted by Gasteiger charge is -2.21. The summed E-state index contributed by atoms with van der Waals surface area (Å²) in [6, 6.07) is 3.68. The van der Waals surface area contributed by atoms with Gasteiger partial charge in [-0.3, -0.25) is 9.59 Å². The molecular weight excluding hydrogens is 296 g/mol. The molecule has 0 spiro atoms. The summed E-state index contributed by atoms with van der Waals surface area (Å²) in [4.78, 5) is 24.1. The Balaban J connectivity index is 3.27. The van der Waals surface area contributed by atoms with Gasteiger partial charge in [-0.2, -0.15) is 0 Å². The van der Waals surface area contributed by atoms with Crippen molar-refractivity contribution in [3.63, 3.8) is 0 Å². The molecule has 0 aliphatic carbocycles. The highest BCUT2D eigenvalue weighted by molar-refractivity contribution is 9.10. The number of aryl methyl sites for hydroxylation is 2. The summed E-state index contributed by atoms with van der Waals surface area (Å²) in [5.74, 6) is -0.741. The molecule has 98 valence electrons. The van der Waals surface area contributed by atoms with E-state index in [1.807, 2.05) is 19.9 Å². The first-order chi connectivity index (χ1) is 8.21. The number of Topliss-reactive ketones (excluding diaryl/α,β-unsaturated/α-hetero) is 1. The number of rotatable bonds is 3. The summed E-state index contributed by atoms with van der Waals surface area (Å²) in [5, 5.41) is 0. The van der Waals surface area contributed by atoms with Gasteiger partial charge in [0.2, 0.25) is 0 Å². The standard InChI is InChI=1S/C14H17BrO3/c1-8-7-11(15)9(2)6-10(8)12(16)14(3,4)13(17)18-5/h6-7H,1-5H3. The van der Waals surface area contributed by atoms with Gasteiger partial charge in [-0.1, -0.05) is 15.9 Å². The first-order valence-electron chi connectivity index (χ1n) is 5.61. The predicted octanol–water partition coefficient (Wildman–Crippen LogP) is 3.45. The van der Waals surface area contributed by atoms with Crippen LogP contribution in [0.4, 0.5) is 0 Å². The molecule has 0 unspecified atom stereocenters. The van der Waals surface area contributed by atoms with Gasteiger partial charge in [0.1, 0.15) is 5.41 Å². The maximum atomic E-state index is 12.4. The van der Waals surface area contributed by atoms with E-state index in [0.717, 1.165) is 15.6 Å². The molecule has 1 rings (SSSR count). The van der Waals surface area contributed by atoms with Gasteiger partial charge in [-0.15, -0.1) is 0 Å². The van der Waals surface area contributed by atoms with Gasteiger partial charge in [0.25, 0.3) is 0 Å². The van der Waals surface area contributed by atoms with Crippen LogP contribution in [0.15, 0.2) is 16.6 Å². The van der Waals surface area contributed by atoms with Crippen LogP contribution in [0.3, 0.4) is 0 Å². The molecule has 0 fully saturated rings. The lowest BCUT2D eigenvalue weighted by atomic mass is 9.82. The molecule has 18 heavy (non-hydrogen) atoms. The van der Waals surface area contributed by atoms with Crippen molar-refractivity contribution in [2.45, 2.75) is 27.7 Å². The fraction of sp³-hybridized carbons (Fsp3) is 0.429. The molecule has 0 saturated heterocycles. The summed E-state index contributed by atoms with van der Waals surface area (Å²) >= 11 is 3.42. The minimum Gasteiger partial charge on any atom is -0.468 e. The number of carbonyl (C=O) groups is 2. The van der Waals surface area contributed by atoms with Gasteiger partial charge in [-0.05, 0) is 51.0 Å². The van der Waals surface area contributed by atoms with Gasteiger partial charge in [-0.25, -0.2) is 0 Å². The van der Waals surface area contributed by atoms with Crippen molar-refractivity contribution in [3.05, 3.63) is 33.3 Å². The Bertz CT molecular complexity index is 504. The van der Waals surface area contributed by atoms with E-state index in [4.69, 9.17) is 0 Å². The van der Waals surface area contributed by atoms with Gasteiger partial charge in [0.15, 0.2) is 5.78 Å². The quantitative estimate of drug-likeness (QED) is 0.488. The van der Waals surface area contributed by atoms with Crippen LogP contribution in [0.2, 0.25) is 0 Å². The fourth-order valence-corrected chi connectivity index (χ4v) is 2.17. The Morgan fingerprint density at radius 3 is 2.22 bits per heavy atom. The van der Waals surface area contributed by atoms with Crippen molar-refractivity contribution < 1.29 is 14.3 Å². The number of ketones is 1. The summed E-state index contributed by atoms with van der Waals surface area (Å²) in [6.45, 7) is 6.92. The maximum Gasteiger partial charge on any atom is 0.319 e. The van der Waals surface area contributed by atoms with E-state index in [0.29, 0.717) is 5.56 Å². The van der Waals surface area contributed by atoms with Crippen LogP contribution in [0, 0.1) is 19.3 Å². The van der Waals surface area contributed by atoms with Crippen molar-refractivity contribution in [2.24, 2.45) is 5.41 Å². The average molecular weight is 313 g/mol. The average Bonchev–Trinajstić information content (AvgIpc) is 2.31. The summed E-state index contributed by atoms with van der Waals surface area (Å²) in [6.07, 6.45) is 0. The van der Waals surface area contributed by atoms with Crippen molar-refractivity contribution in [1.82, 2.24) is 0 Å².